The summed E-state index contributed by atoms with van der Waals surface area (Å²) < 4.78 is 0. The molecule has 0 aliphatic heterocycles. The molecule has 2 atom stereocenters. The van der Waals surface area contributed by atoms with Crippen molar-refractivity contribution in [3.8, 4) is 5.69 Å². The monoisotopic (exact) mass is 352 g/mol. The molecule has 1 heterocycles. The average molecular weight is 352 g/mol. The summed E-state index contributed by atoms with van der Waals surface area (Å²) >= 11 is 0. The summed E-state index contributed by atoms with van der Waals surface area (Å²) in [5.41, 5.74) is 1.13. The quantitative estimate of drug-likeness (QED) is 0.887. The number of aromatic nitrogens is 3. The standard InChI is InChI=1S/C20H24N4O2/c25-18(23-16-1-3-17(4-2-16)24-21-5-6-22-24)12-19-8-14-7-15(9-19)11-20(26,10-14)13-19/h1-6,14-15,26H,7-13H2,(H,23,25). The van der Waals surface area contributed by atoms with Crippen LogP contribution in [-0.4, -0.2) is 31.6 Å². The van der Waals surface area contributed by atoms with Crippen LogP contribution in [-0.2, 0) is 4.79 Å². The van der Waals surface area contributed by atoms with E-state index in [0.29, 0.717) is 18.3 Å². The van der Waals surface area contributed by atoms with Gasteiger partial charge in [0.1, 0.15) is 0 Å². The number of aliphatic hydroxyl groups is 1. The first-order chi connectivity index (χ1) is 12.5. The lowest BCUT2D eigenvalue weighted by molar-refractivity contribution is -0.167. The van der Waals surface area contributed by atoms with E-state index in [-0.39, 0.29) is 11.3 Å². The van der Waals surface area contributed by atoms with Gasteiger partial charge in [0, 0.05) is 12.1 Å². The van der Waals surface area contributed by atoms with Gasteiger partial charge in [0.15, 0.2) is 0 Å². The number of nitrogens with zero attached hydrogens (tertiary/aromatic N) is 3. The highest BCUT2D eigenvalue weighted by molar-refractivity contribution is 5.91. The first kappa shape index (κ1) is 16.0. The minimum absolute atomic E-state index is 0.00182. The van der Waals surface area contributed by atoms with Gasteiger partial charge in [-0.05, 0) is 80.0 Å². The van der Waals surface area contributed by atoms with Gasteiger partial charge in [0.05, 0.1) is 23.7 Å². The Balaban J connectivity index is 1.26. The molecule has 6 nitrogen and oxygen atoms in total. The highest BCUT2D eigenvalue weighted by Gasteiger charge is 2.57. The van der Waals surface area contributed by atoms with E-state index in [2.05, 4.69) is 15.5 Å². The van der Waals surface area contributed by atoms with Gasteiger partial charge in [-0.25, -0.2) is 0 Å². The molecule has 2 N–H and O–H groups in total. The number of nitrogens with one attached hydrogen (secondary N) is 1. The zero-order chi connectivity index (χ0) is 17.8. The lowest BCUT2D eigenvalue weighted by Crippen LogP contribution is -2.56. The molecule has 1 amide bonds. The molecule has 0 spiro atoms. The van der Waals surface area contributed by atoms with Gasteiger partial charge < -0.3 is 10.4 Å². The normalized spacial score (nSPS) is 34.8. The van der Waals surface area contributed by atoms with Crippen LogP contribution in [0.1, 0.15) is 44.9 Å². The summed E-state index contributed by atoms with van der Waals surface area (Å²) in [7, 11) is 0. The first-order valence-corrected chi connectivity index (χ1v) is 9.50. The Morgan fingerprint density at radius 2 is 1.77 bits per heavy atom. The molecule has 4 aliphatic carbocycles. The van der Waals surface area contributed by atoms with Crippen LogP contribution in [0.2, 0.25) is 0 Å². The van der Waals surface area contributed by atoms with Gasteiger partial charge >= 0.3 is 0 Å². The molecule has 4 fully saturated rings. The molecule has 136 valence electrons. The fourth-order valence-electron chi connectivity index (χ4n) is 6.18. The topological polar surface area (TPSA) is 80.0 Å². The molecule has 26 heavy (non-hydrogen) atoms. The number of benzene rings is 1. The Labute approximate surface area is 152 Å². The van der Waals surface area contributed by atoms with Gasteiger partial charge in [0.2, 0.25) is 5.91 Å². The van der Waals surface area contributed by atoms with E-state index >= 15 is 0 Å². The van der Waals surface area contributed by atoms with E-state index in [1.165, 1.54) is 6.42 Å². The van der Waals surface area contributed by atoms with Crippen LogP contribution < -0.4 is 5.32 Å². The molecular weight excluding hydrogens is 328 g/mol. The predicted octanol–water partition coefficient (Wildman–Crippen LogP) is 2.93. The Morgan fingerprint density at radius 1 is 1.12 bits per heavy atom. The fourth-order valence-corrected chi connectivity index (χ4v) is 6.18. The third kappa shape index (κ3) is 2.82. The van der Waals surface area contributed by atoms with Crippen LogP contribution in [0.25, 0.3) is 5.69 Å². The summed E-state index contributed by atoms with van der Waals surface area (Å²) in [6, 6.07) is 7.54. The third-order valence-corrected chi connectivity index (χ3v) is 6.49. The number of carbonyl (C=O) groups is 1. The van der Waals surface area contributed by atoms with Crippen LogP contribution in [0.5, 0.6) is 0 Å². The second-order valence-corrected chi connectivity index (χ2v) is 8.78. The van der Waals surface area contributed by atoms with Crippen molar-refractivity contribution >= 4 is 11.6 Å². The molecule has 6 rings (SSSR count). The van der Waals surface area contributed by atoms with Crippen LogP contribution in [0.3, 0.4) is 0 Å². The highest BCUT2D eigenvalue weighted by Crippen LogP contribution is 2.62. The minimum Gasteiger partial charge on any atom is -0.390 e. The predicted molar refractivity (Wildman–Crippen MR) is 96.7 cm³/mol. The summed E-state index contributed by atoms with van der Waals surface area (Å²) in [6.07, 6.45) is 9.91. The third-order valence-electron chi connectivity index (χ3n) is 6.49. The molecule has 2 unspecified atom stereocenters. The molecule has 4 saturated carbocycles. The van der Waals surface area contributed by atoms with E-state index in [1.54, 1.807) is 17.2 Å². The molecule has 2 aromatic rings. The van der Waals surface area contributed by atoms with Crippen molar-refractivity contribution in [2.24, 2.45) is 17.3 Å². The van der Waals surface area contributed by atoms with E-state index in [0.717, 1.165) is 43.5 Å². The summed E-state index contributed by atoms with van der Waals surface area (Å²) in [4.78, 5) is 14.2. The number of amides is 1. The molecule has 1 aromatic heterocycles. The van der Waals surface area contributed by atoms with Crippen molar-refractivity contribution in [2.75, 3.05) is 5.32 Å². The van der Waals surface area contributed by atoms with Gasteiger partial charge in [-0.15, -0.1) is 0 Å². The molecule has 1 aromatic carbocycles. The largest absolute Gasteiger partial charge is 0.390 e. The number of anilines is 1. The van der Waals surface area contributed by atoms with Crippen LogP contribution in [0.15, 0.2) is 36.7 Å². The number of hydrogen-bond donors (Lipinski definition) is 2. The van der Waals surface area contributed by atoms with Crippen molar-refractivity contribution in [1.29, 1.82) is 0 Å². The highest BCUT2D eigenvalue weighted by atomic mass is 16.3. The molecular formula is C20H24N4O2. The van der Waals surface area contributed by atoms with Crippen LogP contribution >= 0.6 is 0 Å². The molecule has 4 aliphatic rings. The van der Waals surface area contributed by atoms with Crippen LogP contribution in [0, 0.1) is 17.3 Å². The maximum Gasteiger partial charge on any atom is 0.224 e. The second kappa shape index (κ2) is 5.64. The van der Waals surface area contributed by atoms with Crippen LogP contribution in [0.4, 0.5) is 5.69 Å². The van der Waals surface area contributed by atoms with Crippen molar-refractivity contribution in [3.05, 3.63) is 36.7 Å². The zero-order valence-electron chi connectivity index (χ0n) is 14.8. The number of carbonyl (C=O) groups excluding carboxylic acids is 1. The van der Waals surface area contributed by atoms with Crippen molar-refractivity contribution in [2.45, 2.75) is 50.5 Å². The molecule has 0 radical (unpaired) electrons. The molecule has 6 heteroatoms. The number of rotatable bonds is 4. The smallest absolute Gasteiger partial charge is 0.224 e. The first-order valence-electron chi connectivity index (χ1n) is 9.50. The average Bonchev–Trinajstić information content (AvgIpc) is 3.07. The Morgan fingerprint density at radius 3 is 2.38 bits per heavy atom. The molecule has 4 bridgehead atoms. The number of hydrogen-bond acceptors (Lipinski definition) is 4. The second-order valence-electron chi connectivity index (χ2n) is 8.78. The maximum atomic E-state index is 12.7. The lowest BCUT2D eigenvalue weighted by atomic mass is 9.47. The van der Waals surface area contributed by atoms with Gasteiger partial charge in [-0.2, -0.15) is 15.0 Å². The Bertz CT molecular complexity index is 801. The lowest BCUT2D eigenvalue weighted by Gasteiger charge is -2.60. The molecule has 0 saturated heterocycles. The van der Waals surface area contributed by atoms with E-state index in [9.17, 15) is 9.90 Å². The van der Waals surface area contributed by atoms with Crippen molar-refractivity contribution < 1.29 is 9.90 Å². The SMILES string of the molecule is O=C(CC12CC3CC(CC(O)(C3)C1)C2)Nc1ccc(-n2nccn2)cc1. The minimum atomic E-state index is -0.511. The fraction of sp³-hybridized carbons (Fsp3) is 0.550. The van der Waals surface area contributed by atoms with E-state index < -0.39 is 5.60 Å². The Kier molecular flexibility index (Phi) is 3.47. The summed E-state index contributed by atoms with van der Waals surface area (Å²) in [6.45, 7) is 0. The van der Waals surface area contributed by atoms with E-state index in [1.807, 2.05) is 24.3 Å². The van der Waals surface area contributed by atoms with Gasteiger partial charge in [-0.3, -0.25) is 4.79 Å². The zero-order valence-corrected chi connectivity index (χ0v) is 14.8. The van der Waals surface area contributed by atoms with Gasteiger partial charge in [-0.1, -0.05) is 0 Å². The van der Waals surface area contributed by atoms with Crippen molar-refractivity contribution in [1.82, 2.24) is 15.0 Å². The Hall–Kier alpha value is -2.21. The summed E-state index contributed by atoms with van der Waals surface area (Å²) in [5.74, 6) is 1.27. The summed E-state index contributed by atoms with van der Waals surface area (Å²) in [5, 5.41) is 22.1. The van der Waals surface area contributed by atoms with Crippen molar-refractivity contribution in [3.63, 3.8) is 0 Å². The van der Waals surface area contributed by atoms with E-state index in [4.69, 9.17) is 0 Å². The maximum absolute atomic E-state index is 12.7. The van der Waals surface area contributed by atoms with Gasteiger partial charge in [0.25, 0.3) is 0 Å².